The number of methoxy groups -OCH3 is 1. The smallest absolute Gasteiger partial charge is 0.124 e. The van der Waals surface area contributed by atoms with Gasteiger partial charge in [0.2, 0.25) is 0 Å². The molecule has 1 rings (SSSR count). The van der Waals surface area contributed by atoms with Gasteiger partial charge in [0, 0.05) is 23.2 Å². The first-order valence-electron chi connectivity index (χ1n) is 5.75. The van der Waals surface area contributed by atoms with Crippen molar-refractivity contribution < 1.29 is 9.84 Å². The highest BCUT2D eigenvalue weighted by Crippen LogP contribution is 2.26. The number of aliphatic hydroxyl groups is 1. The molecule has 0 aliphatic carbocycles. The van der Waals surface area contributed by atoms with Crippen LogP contribution in [0.4, 0.5) is 0 Å². The lowest BCUT2D eigenvalue weighted by atomic mass is 10.0. The summed E-state index contributed by atoms with van der Waals surface area (Å²) in [5.41, 5.74) is 0.927. The minimum Gasteiger partial charge on any atom is -0.496 e. The summed E-state index contributed by atoms with van der Waals surface area (Å²) in [7, 11) is 1.63. The summed E-state index contributed by atoms with van der Waals surface area (Å²) < 4.78 is 5.27. The van der Waals surface area contributed by atoms with E-state index in [1.807, 2.05) is 18.2 Å². The molecular formula is C13H20ClNO2. The monoisotopic (exact) mass is 257 g/mol. The lowest BCUT2D eigenvalue weighted by molar-refractivity contribution is 0.209. The standard InChI is InChI=1S/C13H20ClNO2/c1-9(2)12(8-16)15-7-10-11(14)5-4-6-13(10)17-3/h4-6,9,12,15-16H,7-8H2,1-3H3. The molecule has 0 amide bonds. The van der Waals surface area contributed by atoms with Crippen LogP contribution in [0.25, 0.3) is 0 Å². The molecule has 0 aromatic heterocycles. The van der Waals surface area contributed by atoms with Gasteiger partial charge in [-0.25, -0.2) is 0 Å². The molecule has 0 saturated heterocycles. The fourth-order valence-corrected chi connectivity index (χ4v) is 1.88. The summed E-state index contributed by atoms with van der Waals surface area (Å²) in [6.07, 6.45) is 0. The van der Waals surface area contributed by atoms with Crippen molar-refractivity contribution in [3.8, 4) is 5.75 Å². The molecular weight excluding hydrogens is 238 g/mol. The minimum atomic E-state index is 0.0657. The third kappa shape index (κ3) is 3.87. The second-order valence-electron chi connectivity index (χ2n) is 4.33. The quantitative estimate of drug-likeness (QED) is 0.823. The van der Waals surface area contributed by atoms with Crippen LogP contribution in [0.5, 0.6) is 5.75 Å². The zero-order valence-corrected chi connectivity index (χ0v) is 11.3. The molecule has 0 spiro atoms. The van der Waals surface area contributed by atoms with Crippen molar-refractivity contribution in [1.82, 2.24) is 5.32 Å². The summed E-state index contributed by atoms with van der Waals surface area (Å²) in [6.45, 7) is 4.84. The zero-order chi connectivity index (χ0) is 12.8. The van der Waals surface area contributed by atoms with E-state index in [-0.39, 0.29) is 12.6 Å². The molecule has 1 atom stereocenters. The lowest BCUT2D eigenvalue weighted by Gasteiger charge is -2.21. The van der Waals surface area contributed by atoms with E-state index in [0.29, 0.717) is 17.5 Å². The highest BCUT2D eigenvalue weighted by Gasteiger charge is 2.13. The molecule has 17 heavy (non-hydrogen) atoms. The summed E-state index contributed by atoms with van der Waals surface area (Å²) in [5.74, 6) is 1.14. The second kappa shape index (κ2) is 6.84. The molecule has 0 radical (unpaired) electrons. The maximum Gasteiger partial charge on any atom is 0.124 e. The number of rotatable bonds is 6. The van der Waals surface area contributed by atoms with Gasteiger partial charge in [-0.2, -0.15) is 0 Å². The minimum absolute atomic E-state index is 0.0657. The first kappa shape index (κ1) is 14.3. The summed E-state index contributed by atoms with van der Waals surface area (Å²) in [5, 5.41) is 13.2. The van der Waals surface area contributed by atoms with Gasteiger partial charge in [0.05, 0.1) is 13.7 Å². The number of benzene rings is 1. The van der Waals surface area contributed by atoms with Gasteiger partial charge in [-0.15, -0.1) is 0 Å². The van der Waals surface area contributed by atoms with Gasteiger partial charge in [-0.1, -0.05) is 31.5 Å². The number of halogens is 1. The molecule has 0 bridgehead atoms. The number of hydrogen-bond acceptors (Lipinski definition) is 3. The van der Waals surface area contributed by atoms with Crippen molar-refractivity contribution in [1.29, 1.82) is 0 Å². The topological polar surface area (TPSA) is 41.5 Å². The molecule has 1 aromatic carbocycles. The average Bonchev–Trinajstić information content (AvgIpc) is 2.31. The van der Waals surface area contributed by atoms with Crippen molar-refractivity contribution in [3.63, 3.8) is 0 Å². The molecule has 3 nitrogen and oxygen atoms in total. The van der Waals surface area contributed by atoms with Gasteiger partial charge in [0.15, 0.2) is 0 Å². The van der Waals surface area contributed by atoms with Crippen LogP contribution >= 0.6 is 11.6 Å². The number of aliphatic hydroxyl groups excluding tert-OH is 1. The Morgan fingerprint density at radius 2 is 2.12 bits per heavy atom. The van der Waals surface area contributed by atoms with Crippen molar-refractivity contribution in [2.75, 3.05) is 13.7 Å². The van der Waals surface area contributed by atoms with E-state index >= 15 is 0 Å². The number of nitrogens with one attached hydrogen (secondary N) is 1. The zero-order valence-electron chi connectivity index (χ0n) is 10.5. The molecule has 4 heteroatoms. The Morgan fingerprint density at radius 1 is 1.41 bits per heavy atom. The van der Waals surface area contributed by atoms with Gasteiger partial charge in [-0.05, 0) is 18.1 Å². The van der Waals surface area contributed by atoms with Crippen molar-refractivity contribution >= 4 is 11.6 Å². The highest BCUT2D eigenvalue weighted by atomic mass is 35.5. The Kier molecular flexibility index (Phi) is 5.75. The largest absolute Gasteiger partial charge is 0.496 e. The molecule has 0 heterocycles. The van der Waals surface area contributed by atoms with Crippen molar-refractivity contribution in [2.24, 2.45) is 5.92 Å². The van der Waals surface area contributed by atoms with Gasteiger partial charge in [-0.3, -0.25) is 0 Å². The maximum atomic E-state index is 9.24. The maximum absolute atomic E-state index is 9.24. The van der Waals surface area contributed by atoms with Crippen molar-refractivity contribution in [3.05, 3.63) is 28.8 Å². The van der Waals surface area contributed by atoms with E-state index in [1.165, 1.54) is 0 Å². The molecule has 1 unspecified atom stereocenters. The van der Waals surface area contributed by atoms with Crippen LogP contribution in [0.15, 0.2) is 18.2 Å². The molecule has 0 aliphatic heterocycles. The Morgan fingerprint density at radius 3 is 2.65 bits per heavy atom. The average molecular weight is 258 g/mol. The normalized spacial score (nSPS) is 12.8. The van der Waals surface area contributed by atoms with Crippen molar-refractivity contribution in [2.45, 2.75) is 26.4 Å². The van der Waals surface area contributed by atoms with Gasteiger partial charge in [0.25, 0.3) is 0 Å². The van der Waals surface area contributed by atoms with Crippen LogP contribution in [0, 0.1) is 5.92 Å². The predicted octanol–water partition coefficient (Wildman–Crippen LogP) is 2.46. The third-order valence-electron chi connectivity index (χ3n) is 2.84. The van der Waals surface area contributed by atoms with E-state index in [2.05, 4.69) is 19.2 Å². The lowest BCUT2D eigenvalue weighted by Crippen LogP contribution is -2.36. The summed E-state index contributed by atoms with van der Waals surface area (Å²) in [4.78, 5) is 0. The van der Waals surface area contributed by atoms with Crippen LogP contribution < -0.4 is 10.1 Å². The van der Waals surface area contributed by atoms with Crippen LogP contribution in [0.2, 0.25) is 5.02 Å². The van der Waals surface area contributed by atoms with Gasteiger partial charge in [0.1, 0.15) is 5.75 Å². The Hall–Kier alpha value is -0.770. The predicted molar refractivity (Wildman–Crippen MR) is 70.6 cm³/mol. The highest BCUT2D eigenvalue weighted by molar-refractivity contribution is 6.31. The summed E-state index contributed by atoms with van der Waals surface area (Å²) in [6, 6.07) is 5.64. The first-order valence-corrected chi connectivity index (χ1v) is 6.13. The molecule has 2 N–H and O–H groups in total. The van der Waals surface area contributed by atoms with Crippen LogP contribution in [-0.4, -0.2) is 24.9 Å². The van der Waals surface area contributed by atoms with Gasteiger partial charge >= 0.3 is 0 Å². The van der Waals surface area contributed by atoms with Gasteiger partial charge < -0.3 is 15.2 Å². The Balaban J connectivity index is 2.74. The van der Waals surface area contributed by atoms with Crippen LogP contribution in [0.3, 0.4) is 0 Å². The SMILES string of the molecule is COc1cccc(Cl)c1CNC(CO)C(C)C. The Labute approximate surface area is 108 Å². The number of ether oxygens (including phenoxy) is 1. The Bertz CT molecular complexity index is 355. The van der Waals surface area contributed by atoms with Crippen LogP contribution in [-0.2, 0) is 6.54 Å². The molecule has 0 aliphatic rings. The third-order valence-corrected chi connectivity index (χ3v) is 3.19. The molecule has 1 aromatic rings. The fourth-order valence-electron chi connectivity index (χ4n) is 1.65. The van der Waals surface area contributed by atoms with E-state index in [4.69, 9.17) is 16.3 Å². The fraction of sp³-hybridized carbons (Fsp3) is 0.538. The van der Waals surface area contributed by atoms with E-state index in [0.717, 1.165) is 11.3 Å². The van der Waals surface area contributed by atoms with E-state index < -0.39 is 0 Å². The molecule has 0 fully saturated rings. The van der Waals surface area contributed by atoms with Crippen LogP contribution in [0.1, 0.15) is 19.4 Å². The molecule has 96 valence electrons. The summed E-state index contributed by atoms with van der Waals surface area (Å²) >= 11 is 6.13. The number of hydrogen-bond donors (Lipinski definition) is 2. The molecule has 0 saturated carbocycles. The van der Waals surface area contributed by atoms with E-state index in [1.54, 1.807) is 7.11 Å². The van der Waals surface area contributed by atoms with E-state index in [9.17, 15) is 5.11 Å². The second-order valence-corrected chi connectivity index (χ2v) is 4.74. The first-order chi connectivity index (χ1) is 8.10.